The van der Waals surface area contributed by atoms with Gasteiger partial charge in [-0.25, -0.2) is 4.68 Å². The molecule has 0 aliphatic carbocycles. The smallest absolute Gasteiger partial charge is 0.274 e. The normalized spacial score (nSPS) is 18.2. The summed E-state index contributed by atoms with van der Waals surface area (Å²) in [5.41, 5.74) is 7.07. The highest BCUT2D eigenvalue weighted by atomic mass is 79.9. The number of hydrogen-bond acceptors (Lipinski definition) is 3. The number of likely N-dealkylation sites (tertiary alicyclic amines) is 1. The minimum Gasteiger partial charge on any atom is -0.337 e. The molecule has 1 aromatic heterocycles. The van der Waals surface area contributed by atoms with Crippen molar-refractivity contribution in [3.8, 4) is 5.69 Å². The summed E-state index contributed by atoms with van der Waals surface area (Å²) in [5.74, 6) is 0.404. The molecule has 2 aromatic rings. The summed E-state index contributed by atoms with van der Waals surface area (Å²) in [4.78, 5) is 14.3. The van der Waals surface area contributed by atoms with Crippen LogP contribution in [0.2, 0.25) is 0 Å². The fourth-order valence-corrected chi connectivity index (χ4v) is 2.96. The van der Waals surface area contributed by atoms with Gasteiger partial charge in [0.15, 0.2) is 5.69 Å². The highest BCUT2D eigenvalue weighted by molar-refractivity contribution is 9.10. The summed E-state index contributed by atoms with van der Waals surface area (Å²) in [7, 11) is 0. The third kappa shape index (κ3) is 3.01. The van der Waals surface area contributed by atoms with E-state index in [2.05, 4.69) is 21.0 Å². The molecule has 3 rings (SSSR count). The third-order valence-electron chi connectivity index (χ3n) is 3.79. The van der Waals surface area contributed by atoms with Gasteiger partial charge in [0.1, 0.15) is 0 Å². The van der Waals surface area contributed by atoms with Gasteiger partial charge in [-0.2, -0.15) is 5.10 Å². The van der Waals surface area contributed by atoms with E-state index >= 15 is 0 Å². The van der Waals surface area contributed by atoms with E-state index in [0.717, 1.165) is 29.7 Å². The molecule has 21 heavy (non-hydrogen) atoms. The Morgan fingerprint density at radius 3 is 3.00 bits per heavy atom. The first-order valence-corrected chi connectivity index (χ1v) is 7.77. The molecule has 0 saturated carbocycles. The lowest BCUT2D eigenvalue weighted by atomic mass is 10.1. The van der Waals surface area contributed by atoms with Crippen LogP contribution in [0.15, 0.2) is 41.0 Å². The number of halogens is 1. The van der Waals surface area contributed by atoms with E-state index < -0.39 is 0 Å². The lowest BCUT2D eigenvalue weighted by molar-refractivity contribution is 0.0781. The summed E-state index contributed by atoms with van der Waals surface area (Å²) < 4.78 is 2.70. The summed E-state index contributed by atoms with van der Waals surface area (Å²) in [5, 5.41) is 4.39. The Morgan fingerprint density at radius 2 is 2.29 bits per heavy atom. The average molecular weight is 349 g/mol. The largest absolute Gasteiger partial charge is 0.337 e. The van der Waals surface area contributed by atoms with Crippen LogP contribution in [0.4, 0.5) is 0 Å². The van der Waals surface area contributed by atoms with Crippen molar-refractivity contribution in [2.24, 2.45) is 11.7 Å². The van der Waals surface area contributed by atoms with E-state index in [1.165, 1.54) is 0 Å². The second-order valence-electron chi connectivity index (χ2n) is 5.27. The molecule has 1 atom stereocenters. The van der Waals surface area contributed by atoms with E-state index in [-0.39, 0.29) is 5.91 Å². The van der Waals surface area contributed by atoms with Crippen LogP contribution in [-0.4, -0.2) is 40.2 Å². The Labute approximate surface area is 131 Å². The Kier molecular flexibility index (Phi) is 4.07. The molecule has 1 saturated heterocycles. The van der Waals surface area contributed by atoms with Crippen LogP contribution < -0.4 is 5.73 Å². The van der Waals surface area contributed by atoms with Crippen molar-refractivity contribution in [3.05, 3.63) is 46.7 Å². The highest BCUT2D eigenvalue weighted by Gasteiger charge is 2.27. The van der Waals surface area contributed by atoms with Crippen molar-refractivity contribution in [3.63, 3.8) is 0 Å². The molecule has 2 heterocycles. The molecule has 5 nitrogen and oxygen atoms in total. The highest BCUT2D eigenvalue weighted by Crippen LogP contribution is 2.18. The van der Waals surface area contributed by atoms with E-state index in [0.29, 0.717) is 18.2 Å². The van der Waals surface area contributed by atoms with Gasteiger partial charge in [0.25, 0.3) is 5.91 Å². The average Bonchev–Trinajstić information content (AvgIpc) is 3.16. The van der Waals surface area contributed by atoms with E-state index in [1.54, 1.807) is 10.7 Å². The van der Waals surface area contributed by atoms with Crippen molar-refractivity contribution in [1.82, 2.24) is 14.7 Å². The Balaban J connectivity index is 1.77. The fraction of sp³-hybridized carbons (Fsp3) is 0.333. The van der Waals surface area contributed by atoms with Gasteiger partial charge in [-0.3, -0.25) is 4.79 Å². The van der Waals surface area contributed by atoms with Gasteiger partial charge in [-0.15, -0.1) is 0 Å². The molecule has 0 radical (unpaired) electrons. The molecule has 1 unspecified atom stereocenters. The number of carbonyl (C=O) groups is 1. The summed E-state index contributed by atoms with van der Waals surface area (Å²) in [6.45, 7) is 2.14. The topological polar surface area (TPSA) is 64.2 Å². The Morgan fingerprint density at radius 1 is 1.43 bits per heavy atom. The molecular formula is C15H17BrN4O. The SMILES string of the molecule is NCC1CCN(C(=O)c2ccn(-c3cccc(Br)c3)n2)C1. The minimum absolute atomic E-state index is 0.0142. The zero-order chi connectivity index (χ0) is 14.8. The predicted octanol–water partition coefficient (Wildman–Crippen LogP) is 2.06. The van der Waals surface area contributed by atoms with Gasteiger partial charge in [0.2, 0.25) is 0 Å². The number of nitrogens with two attached hydrogens (primary N) is 1. The van der Waals surface area contributed by atoms with Crippen LogP contribution in [0.3, 0.4) is 0 Å². The number of benzene rings is 1. The lowest BCUT2D eigenvalue weighted by Gasteiger charge is -2.14. The quantitative estimate of drug-likeness (QED) is 0.923. The maximum atomic E-state index is 12.4. The molecule has 110 valence electrons. The molecule has 1 fully saturated rings. The zero-order valence-electron chi connectivity index (χ0n) is 11.6. The van der Waals surface area contributed by atoms with E-state index in [9.17, 15) is 4.79 Å². The van der Waals surface area contributed by atoms with E-state index in [1.807, 2.05) is 35.4 Å². The van der Waals surface area contributed by atoms with Crippen LogP contribution in [0.5, 0.6) is 0 Å². The predicted molar refractivity (Wildman–Crippen MR) is 84.3 cm³/mol. The molecule has 0 spiro atoms. The second-order valence-corrected chi connectivity index (χ2v) is 6.18. The van der Waals surface area contributed by atoms with E-state index in [4.69, 9.17) is 5.73 Å². The second kappa shape index (κ2) is 5.99. The van der Waals surface area contributed by atoms with Crippen molar-refractivity contribution in [2.45, 2.75) is 6.42 Å². The molecule has 6 heteroatoms. The summed E-state index contributed by atoms with van der Waals surface area (Å²) in [6.07, 6.45) is 2.79. The van der Waals surface area contributed by atoms with Crippen LogP contribution in [-0.2, 0) is 0 Å². The first kappa shape index (κ1) is 14.3. The van der Waals surface area contributed by atoms with Crippen molar-refractivity contribution >= 4 is 21.8 Å². The molecule has 1 aromatic carbocycles. The van der Waals surface area contributed by atoms with Gasteiger partial charge >= 0.3 is 0 Å². The molecular weight excluding hydrogens is 332 g/mol. The van der Waals surface area contributed by atoms with Crippen LogP contribution >= 0.6 is 15.9 Å². The van der Waals surface area contributed by atoms with Crippen molar-refractivity contribution in [2.75, 3.05) is 19.6 Å². The number of hydrogen-bond donors (Lipinski definition) is 1. The van der Waals surface area contributed by atoms with Gasteiger partial charge in [-0.05, 0) is 43.1 Å². The van der Waals surface area contributed by atoms with Gasteiger partial charge < -0.3 is 10.6 Å². The number of amides is 1. The maximum absolute atomic E-state index is 12.4. The van der Waals surface area contributed by atoms with Gasteiger partial charge in [0, 0.05) is 23.8 Å². The van der Waals surface area contributed by atoms with Gasteiger partial charge in [-0.1, -0.05) is 22.0 Å². The number of aromatic nitrogens is 2. The first-order chi connectivity index (χ1) is 10.2. The number of carbonyl (C=O) groups excluding carboxylic acids is 1. The molecule has 1 amide bonds. The maximum Gasteiger partial charge on any atom is 0.274 e. The number of rotatable bonds is 3. The fourth-order valence-electron chi connectivity index (χ4n) is 2.57. The monoisotopic (exact) mass is 348 g/mol. The molecule has 1 aliphatic heterocycles. The zero-order valence-corrected chi connectivity index (χ0v) is 13.2. The Hall–Kier alpha value is -1.66. The van der Waals surface area contributed by atoms with Crippen molar-refractivity contribution < 1.29 is 4.79 Å². The van der Waals surface area contributed by atoms with Crippen LogP contribution in [0.25, 0.3) is 5.69 Å². The van der Waals surface area contributed by atoms with Crippen molar-refractivity contribution in [1.29, 1.82) is 0 Å². The molecule has 0 bridgehead atoms. The summed E-state index contributed by atoms with van der Waals surface area (Å²) in [6, 6.07) is 9.57. The van der Waals surface area contributed by atoms with Crippen LogP contribution in [0.1, 0.15) is 16.9 Å². The lowest BCUT2D eigenvalue weighted by Crippen LogP contribution is -2.30. The third-order valence-corrected chi connectivity index (χ3v) is 4.28. The number of nitrogens with zero attached hydrogens (tertiary/aromatic N) is 3. The standard InChI is InChI=1S/C15H17BrN4O/c16-12-2-1-3-13(8-12)20-7-5-14(18-20)15(21)19-6-4-11(9-17)10-19/h1-3,5,7-8,11H,4,6,9-10,17H2. The molecule has 2 N–H and O–H groups in total. The molecule has 1 aliphatic rings. The Bertz CT molecular complexity index is 655. The first-order valence-electron chi connectivity index (χ1n) is 6.98. The van der Waals surface area contributed by atoms with Crippen LogP contribution in [0, 0.1) is 5.92 Å². The summed E-state index contributed by atoms with van der Waals surface area (Å²) >= 11 is 3.44. The minimum atomic E-state index is -0.0142. The van der Waals surface area contributed by atoms with Gasteiger partial charge in [0.05, 0.1) is 5.69 Å².